The lowest BCUT2D eigenvalue weighted by molar-refractivity contribution is -0.149. The number of aromatic nitrogens is 2. The summed E-state index contributed by atoms with van der Waals surface area (Å²) < 4.78 is 36.2. The molecular formula is C23H28N3O10P. The Balaban J connectivity index is 1.84. The zero-order chi connectivity index (χ0) is 27.4. The summed E-state index contributed by atoms with van der Waals surface area (Å²) in [6, 6.07) is 7.84. The highest BCUT2D eigenvalue weighted by Gasteiger charge is 2.56. The van der Waals surface area contributed by atoms with Gasteiger partial charge in [-0.1, -0.05) is 24.1 Å². The molecule has 1 saturated heterocycles. The van der Waals surface area contributed by atoms with E-state index < -0.39 is 67.8 Å². The molecule has 4 N–H and O–H groups in total. The van der Waals surface area contributed by atoms with Crippen molar-refractivity contribution in [2.75, 3.05) is 6.61 Å². The molecule has 13 nitrogen and oxygen atoms in total. The summed E-state index contributed by atoms with van der Waals surface area (Å²) in [6.07, 6.45) is 1.22. The number of nitrogens with one attached hydrogen (secondary N) is 2. The molecule has 1 aromatic carbocycles. The van der Waals surface area contributed by atoms with Gasteiger partial charge in [-0.25, -0.2) is 9.36 Å². The number of aromatic amines is 1. The second kappa shape index (κ2) is 11.4. The number of esters is 1. The first-order chi connectivity index (χ1) is 17.4. The molecule has 200 valence electrons. The number of benzene rings is 1. The summed E-state index contributed by atoms with van der Waals surface area (Å²) >= 11 is 0. The van der Waals surface area contributed by atoms with Crippen LogP contribution in [0.4, 0.5) is 0 Å². The van der Waals surface area contributed by atoms with Gasteiger partial charge in [-0.05, 0) is 32.9 Å². The Morgan fingerprint density at radius 1 is 1.30 bits per heavy atom. The number of ether oxygens (including phenoxy) is 2. The molecular weight excluding hydrogens is 509 g/mol. The molecule has 0 amide bonds. The molecule has 37 heavy (non-hydrogen) atoms. The van der Waals surface area contributed by atoms with Crippen molar-refractivity contribution in [2.24, 2.45) is 0 Å². The fraction of sp³-hybridized carbons (Fsp3) is 0.435. The van der Waals surface area contributed by atoms with Gasteiger partial charge >= 0.3 is 19.4 Å². The van der Waals surface area contributed by atoms with Crippen LogP contribution in [-0.4, -0.2) is 62.3 Å². The van der Waals surface area contributed by atoms with Crippen LogP contribution >= 0.6 is 7.75 Å². The first-order valence-electron chi connectivity index (χ1n) is 11.2. The summed E-state index contributed by atoms with van der Waals surface area (Å²) in [5, 5.41) is 24.1. The fourth-order valence-corrected chi connectivity index (χ4v) is 4.96. The standard InChI is InChI=1S/C23H28N3O10P/c1-5-23(31)19(28)17(35-21(23)26-12-11-18(27)24-22(26)30)13-33-37(32,36-16-9-7-6-8-10-16)25-15(4)20(29)34-14(2)3/h1,6-12,14-15,17,19,21,28,31H,13H2,2-4H3,(H,25,32)(H,24,27,30)/t15?,17-,19-,21-,23-,37+/m1/s1. The number of para-hydroxylation sites is 1. The summed E-state index contributed by atoms with van der Waals surface area (Å²) in [7, 11) is -4.32. The molecule has 0 aliphatic carbocycles. The van der Waals surface area contributed by atoms with Crippen LogP contribution in [0.1, 0.15) is 27.0 Å². The maximum Gasteiger partial charge on any atom is 0.459 e. The Morgan fingerprint density at radius 3 is 2.57 bits per heavy atom. The lowest BCUT2D eigenvalue weighted by Crippen LogP contribution is -2.48. The van der Waals surface area contributed by atoms with E-state index in [1.54, 1.807) is 32.0 Å². The number of carbonyl (C=O) groups excluding carboxylic acids is 1. The summed E-state index contributed by atoms with van der Waals surface area (Å²) in [4.78, 5) is 37.9. The zero-order valence-electron chi connectivity index (χ0n) is 20.3. The number of rotatable bonds is 10. The first kappa shape index (κ1) is 28.3. The average Bonchev–Trinajstić information content (AvgIpc) is 3.08. The number of hydrogen-bond donors (Lipinski definition) is 4. The first-order valence-corrected chi connectivity index (χ1v) is 12.8. The third kappa shape index (κ3) is 6.56. The molecule has 2 heterocycles. The summed E-state index contributed by atoms with van der Waals surface area (Å²) in [6.45, 7) is 4.04. The molecule has 2 aromatic rings. The molecule has 0 saturated carbocycles. The third-order valence-electron chi connectivity index (χ3n) is 5.25. The maximum atomic E-state index is 13.6. The van der Waals surface area contributed by atoms with Crippen molar-refractivity contribution in [3.8, 4) is 18.1 Å². The van der Waals surface area contributed by atoms with Crippen LogP contribution in [-0.2, 0) is 23.4 Å². The highest BCUT2D eigenvalue weighted by molar-refractivity contribution is 7.52. The van der Waals surface area contributed by atoms with Gasteiger partial charge in [0.25, 0.3) is 5.56 Å². The van der Waals surface area contributed by atoms with Gasteiger partial charge in [0.1, 0.15) is 24.0 Å². The van der Waals surface area contributed by atoms with Crippen molar-refractivity contribution < 1.29 is 38.1 Å². The highest BCUT2D eigenvalue weighted by Crippen LogP contribution is 2.46. The summed E-state index contributed by atoms with van der Waals surface area (Å²) in [5.41, 5.74) is -4.06. The van der Waals surface area contributed by atoms with Gasteiger partial charge in [-0.15, -0.1) is 6.42 Å². The molecule has 1 aliphatic heterocycles. The van der Waals surface area contributed by atoms with Crippen LogP contribution in [0.25, 0.3) is 0 Å². The molecule has 0 radical (unpaired) electrons. The van der Waals surface area contributed by atoms with E-state index in [1.807, 2.05) is 10.9 Å². The number of terminal acetylenes is 1. The zero-order valence-corrected chi connectivity index (χ0v) is 21.2. The van der Waals surface area contributed by atoms with Gasteiger partial charge in [0, 0.05) is 12.3 Å². The van der Waals surface area contributed by atoms with E-state index in [0.29, 0.717) is 0 Å². The smallest absolute Gasteiger partial charge is 0.459 e. The van der Waals surface area contributed by atoms with Gasteiger partial charge in [-0.2, -0.15) is 5.09 Å². The molecule has 0 spiro atoms. The number of aliphatic hydroxyl groups excluding tert-OH is 1. The van der Waals surface area contributed by atoms with E-state index in [1.165, 1.54) is 19.1 Å². The Hall–Kier alpha value is -3.24. The molecule has 14 heteroatoms. The molecule has 1 unspecified atom stereocenters. The maximum absolute atomic E-state index is 13.6. The van der Waals surface area contributed by atoms with Crippen molar-refractivity contribution in [2.45, 2.75) is 57.0 Å². The van der Waals surface area contributed by atoms with E-state index in [-0.39, 0.29) is 5.75 Å². The largest absolute Gasteiger partial charge is 0.462 e. The topological polar surface area (TPSA) is 178 Å². The van der Waals surface area contributed by atoms with Gasteiger partial charge < -0.3 is 24.2 Å². The monoisotopic (exact) mass is 537 g/mol. The van der Waals surface area contributed by atoms with E-state index in [0.717, 1.165) is 16.8 Å². The van der Waals surface area contributed by atoms with Gasteiger partial charge in [0.2, 0.25) is 0 Å². The number of aliphatic hydroxyl groups is 2. The number of carbonyl (C=O) groups is 1. The van der Waals surface area contributed by atoms with Crippen molar-refractivity contribution in [3.63, 3.8) is 0 Å². The minimum absolute atomic E-state index is 0.147. The van der Waals surface area contributed by atoms with Gasteiger partial charge in [0.05, 0.1) is 12.7 Å². The fourth-order valence-electron chi connectivity index (χ4n) is 3.46. The SMILES string of the molecule is C#C[C@@]1(O)[C@H](O)[C@@H](CO[P@@](=O)(NC(C)C(=O)OC(C)C)Oc2ccccc2)O[C@H]1n1ccc(=O)[nH]c1=O. The normalized spacial score (nSPS) is 25.7. The molecule has 1 aliphatic rings. The number of hydrogen-bond acceptors (Lipinski definition) is 10. The predicted molar refractivity (Wildman–Crippen MR) is 129 cm³/mol. The Labute approximate surface area is 211 Å². The minimum atomic E-state index is -4.32. The molecule has 1 fully saturated rings. The van der Waals surface area contributed by atoms with Crippen LogP contribution in [0.3, 0.4) is 0 Å². The summed E-state index contributed by atoms with van der Waals surface area (Å²) in [5.74, 6) is 1.44. The van der Waals surface area contributed by atoms with Crippen LogP contribution in [0.2, 0.25) is 0 Å². The van der Waals surface area contributed by atoms with Crippen molar-refractivity contribution >= 4 is 13.7 Å². The van der Waals surface area contributed by atoms with Crippen LogP contribution < -0.4 is 20.9 Å². The van der Waals surface area contributed by atoms with Crippen LogP contribution in [0, 0.1) is 12.3 Å². The van der Waals surface area contributed by atoms with Crippen LogP contribution in [0.15, 0.2) is 52.2 Å². The molecule has 3 rings (SSSR count). The van der Waals surface area contributed by atoms with Gasteiger partial charge in [-0.3, -0.25) is 23.7 Å². The van der Waals surface area contributed by atoms with E-state index >= 15 is 0 Å². The van der Waals surface area contributed by atoms with E-state index in [2.05, 4.69) is 5.09 Å². The van der Waals surface area contributed by atoms with Crippen molar-refractivity contribution in [3.05, 3.63) is 63.4 Å². The van der Waals surface area contributed by atoms with Crippen molar-refractivity contribution in [1.29, 1.82) is 0 Å². The molecule has 6 atom stereocenters. The quantitative estimate of drug-likeness (QED) is 0.186. The second-order valence-corrected chi connectivity index (χ2v) is 10.2. The third-order valence-corrected chi connectivity index (χ3v) is 6.90. The van der Waals surface area contributed by atoms with Crippen molar-refractivity contribution in [1.82, 2.24) is 14.6 Å². The van der Waals surface area contributed by atoms with E-state index in [4.69, 9.17) is 24.9 Å². The minimum Gasteiger partial charge on any atom is -0.462 e. The molecule has 0 bridgehead atoms. The predicted octanol–water partition coefficient (Wildman–Crippen LogP) is 0.293. The van der Waals surface area contributed by atoms with Crippen LogP contribution in [0.5, 0.6) is 5.75 Å². The lowest BCUT2D eigenvalue weighted by Gasteiger charge is -2.26. The Bertz CT molecular complexity index is 1300. The van der Waals surface area contributed by atoms with E-state index in [9.17, 15) is 29.2 Å². The average molecular weight is 537 g/mol. The van der Waals surface area contributed by atoms with Gasteiger partial charge in [0.15, 0.2) is 11.8 Å². The lowest BCUT2D eigenvalue weighted by atomic mass is 9.95. The Kier molecular flexibility index (Phi) is 8.76. The Morgan fingerprint density at radius 2 is 1.97 bits per heavy atom. The number of nitrogens with zero attached hydrogens (tertiary/aromatic N) is 1. The number of H-pyrrole nitrogens is 1. The molecule has 1 aromatic heterocycles. The highest BCUT2D eigenvalue weighted by atomic mass is 31.2. The second-order valence-electron chi connectivity index (χ2n) is 8.49.